The number of nitrogens with zero attached hydrogens (tertiary/aromatic N) is 2. The summed E-state index contributed by atoms with van der Waals surface area (Å²) in [6.45, 7) is 0. The van der Waals surface area contributed by atoms with Crippen LogP contribution in [0, 0.1) is 0 Å². The molecule has 1 aliphatic rings. The van der Waals surface area contributed by atoms with E-state index in [9.17, 15) is 0 Å². The molecule has 0 saturated heterocycles. The molecule has 0 spiro atoms. The zero-order chi connectivity index (χ0) is 46.0. The highest BCUT2D eigenvalue weighted by atomic mass is 15.2. The third-order valence-electron chi connectivity index (χ3n) is 13.7. The van der Waals surface area contributed by atoms with Crippen molar-refractivity contribution in [3.05, 3.63) is 313 Å². The van der Waals surface area contributed by atoms with Gasteiger partial charge in [-0.1, -0.05) is 237 Å². The number of anilines is 6. The molecule has 69 heavy (non-hydrogen) atoms. The molecule has 0 fully saturated rings. The van der Waals surface area contributed by atoms with Crippen LogP contribution in [0.5, 0.6) is 0 Å². The van der Waals surface area contributed by atoms with Crippen LogP contribution >= 0.6 is 0 Å². The molecular weight excluding hydrogens is 833 g/mol. The highest BCUT2D eigenvalue weighted by Gasteiger charge is 2.46. The Labute approximate surface area is 405 Å². The number of hydrogen-bond donors (Lipinski definition) is 0. The van der Waals surface area contributed by atoms with Crippen molar-refractivity contribution < 1.29 is 0 Å². The molecule has 0 saturated carbocycles. The molecule has 11 aromatic carbocycles. The highest BCUT2D eigenvalue weighted by Crippen LogP contribution is 2.57. The van der Waals surface area contributed by atoms with Crippen LogP contribution in [-0.4, -0.2) is 0 Å². The molecule has 0 aliphatic heterocycles. The second-order valence-electron chi connectivity index (χ2n) is 17.6. The van der Waals surface area contributed by atoms with Crippen molar-refractivity contribution in [2.75, 3.05) is 9.80 Å². The lowest BCUT2D eigenvalue weighted by molar-refractivity contribution is 0.768. The van der Waals surface area contributed by atoms with Gasteiger partial charge in [-0.15, -0.1) is 0 Å². The van der Waals surface area contributed by atoms with Gasteiger partial charge in [0, 0.05) is 33.9 Å². The molecule has 0 radical (unpaired) electrons. The van der Waals surface area contributed by atoms with Crippen LogP contribution in [-0.2, 0) is 5.41 Å². The summed E-state index contributed by atoms with van der Waals surface area (Å²) < 4.78 is 0. The minimum atomic E-state index is -0.555. The van der Waals surface area contributed by atoms with E-state index in [1.165, 1.54) is 44.5 Å². The zero-order valence-corrected chi connectivity index (χ0v) is 38.1. The summed E-state index contributed by atoms with van der Waals surface area (Å²) >= 11 is 0. The Hall–Kier alpha value is -8.98. The monoisotopic (exact) mass is 880 g/mol. The Balaban J connectivity index is 1.08. The first kappa shape index (κ1) is 41.5. The molecule has 2 nitrogen and oxygen atoms in total. The van der Waals surface area contributed by atoms with Gasteiger partial charge in [-0.25, -0.2) is 0 Å². The molecule has 0 aromatic heterocycles. The summed E-state index contributed by atoms with van der Waals surface area (Å²) in [5, 5.41) is 0. The summed E-state index contributed by atoms with van der Waals surface area (Å²) in [4.78, 5) is 4.87. The lowest BCUT2D eigenvalue weighted by Gasteiger charge is -2.35. The van der Waals surface area contributed by atoms with Crippen molar-refractivity contribution in [1.29, 1.82) is 0 Å². The fourth-order valence-electron chi connectivity index (χ4n) is 10.7. The molecule has 326 valence electrons. The highest BCUT2D eigenvalue weighted by molar-refractivity contribution is 5.93. The Morgan fingerprint density at radius 1 is 0.217 bits per heavy atom. The van der Waals surface area contributed by atoms with Gasteiger partial charge in [0.2, 0.25) is 0 Å². The Morgan fingerprint density at radius 3 is 1.10 bits per heavy atom. The summed E-state index contributed by atoms with van der Waals surface area (Å²) in [5.74, 6) is 0. The van der Waals surface area contributed by atoms with Crippen LogP contribution in [0.3, 0.4) is 0 Å². The van der Waals surface area contributed by atoms with E-state index in [2.05, 4.69) is 301 Å². The maximum atomic E-state index is 2.46. The van der Waals surface area contributed by atoms with Gasteiger partial charge in [0.15, 0.2) is 0 Å². The molecule has 0 unspecified atom stereocenters. The summed E-state index contributed by atoms with van der Waals surface area (Å²) in [5.41, 5.74) is 20.4. The van der Waals surface area contributed by atoms with Crippen LogP contribution in [0.25, 0.3) is 44.5 Å². The first-order valence-electron chi connectivity index (χ1n) is 23.8. The molecule has 0 atom stereocenters. The molecule has 12 rings (SSSR count). The van der Waals surface area contributed by atoms with Crippen molar-refractivity contribution in [2.45, 2.75) is 5.41 Å². The molecule has 11 aromatic rings. The van der Waals surface area contributed by atoms with Crippen LogP contribution in [0.15, 0.2) is 291 Å². The number of hydrogen-bond acceptors (Lipinski definition) is 2. The molecule has 2 heteroatoms. The molecule has 0 heterocycles. The zero-order valence-electron chi connectivity index (χ0n) is 38.1. The number of fused-ring (bicyclic) bond motifs is 3. The van der Waals surface area contributed by atoms with Crippen LogP contribution < -0.4 is 9.80 Å². The maximum absolute atomic E-state index is 2.46. The average Bonchev–Trinajstić information content (AvgIpc) is 3.74. The number of benzene rings is 11. The van der Waals surface area contributed by atoms with Crippen molar-refractivity contribution in [3.63, 3.8) is 0 Å². The SMILES string of the molecule is c1ccc(-c2ccc(N(c3cccc(N(c4cccc(C5(c6ccccc6)c6ccccc6-c6ccccc65)c4)c4ccccc4-c4ccccc4)c3)c3ccccc3-c3ccccc3)cc2)cc1. The normalized spacial score (nSPS) is 12.2. The Kier molecular flexibility index (Phi) is 10.8. The van der Waals surface area contributed by atoms with Crippen molar-refractivity contribution >= 4 is 34.1 Å². The first-order valence-corrected chi connectivity index (χ1v) is 23.8. The fourth-order valence-corrected chi connectivity index (χ4v) is 10.7. The standard InChI is InChI=1S/C67H48N2/c1-5-23-49(24-6-1)50-43-45-55(46-44-50)68(65-41-19-15-35-59(65)51-25-7-2-8-26-51)57-33-22-34-58(48-57)69(66-42-20-16-36-60(66)52-27-9-3-10-28-52)56-32-21-31-54(47-56)67(53-29-11-4-12-30-53)63-39-17-13-37-61(63)62-38-14-18-40-64(62)67/h1-48H. The van der Waals surface area contributed by atoms with Crippen molar-refractivity contribution in [2.24, 2.45) is 0 Å². The van der Waals surface area contributed by atoms with Gasteiger partial charge >= 0.3 is 0 Å². The average molecular weight is 881 g/mol. The molecule has 0 N–H and O–H groups in total. The van der Waals surface area contributed by atoms with Gasteiger partial charge in [-0.3, -0.25) is 0 Å². The predicted octanol–water partition coefficient (Wildman–Crippen LogP) is 18.0. The van der Waals surface area contributed by atoms with Gasteiger partial charge in [0.25, 0.3) is 0 Å². The lowest BCUT2D eigenvalue weighted by Crippen LogP contribution is -2.28. The summed E-state index contributed by atoms with van der Waals surface area (Å²) in [7, 11) is 0. The lowest BCUT2D eigenvalue weighted by atomic mass is 9.67. The van der Waals surface area contributed by atoms with E-state index in [4.69, 9.17) is 0 Å². The second kappa shape index (κ2) is 18.0. The van der Waals surface area contributed by atoms with Crippen molar-refractivity contribution in [3.8, 4) is 44.5 Å². The summed E-state index contributed by atoms with van der Waals surface area (Å²) in [6.07, 6.45) is 0. The van der Waals surface area contributed by atoms with E-state index < -0.39 is 5.41 Å². The summed E-state index contributed by atoms with van der Waals surface area (Å²) in [6, 6.07) is 106. The van der Waals surface area contributed by atoms with E-state index in [0.717, 1.165) is 56.4 Å². The van der Waals surface area contributed by atoms with Gasteiger partial charge < -0.3 is 9.80 Å². The van der Waals surface area contributed by atoms with E-state index >= 15 is 0 Å². The third kappa shape index (κ3) is 7.40. The molecule has 0 bridgehead atoms. The van der Waals surface area contributed by atoms with E-state index in [1.807, 2.05) is 0 Å². The Bertz CT molecular complexity index is 3500. The Morgan fingerprint density at radius 2 is 0.580 bits per heavy atom. The van der Waals surface area contributed by atoms with E-state index in [-0.39, 0.29) is 0 Å². The fraction of sp³-hybridized carbons (Fsp3) is 0.0149. The molecule has 0 amide bonds. The van der Waals surface area contributed by atoms with E-state index in [1.54, 1.807) is 0 Å². The minimum Gasteiger partial charge on any atom is -0.310 e. The quantitative estimate of drug-likeness (QED) is 0.128. The van der Waals surface area contributed by atoms with Crippen LogP contribution in [0.1, 0.15) is 22.3 Å². The number of rotatable bonds is 11. The van der Waals surface area contributed by atoms with Crippen LogP contribution in [0.4, 0.5) is 34.1 Å². The van der Waals surface area contributed by atoms with Gasteiger partial charge in [0.1, 0.15) is 0 Å². The first-order chi connectivity index (χ1) is 34.3. The van der Waals surface area contributed by atoms with Gasteiger partial charge in [0.05, 0.1) is 16.8 Å². The van der Waals surface area contributed by atoms with Gasteiger partial charge in [-0.05, 0) is 110 Å². The topological polar surface area (TPSA) is 6.48 Å². The predicted molar refractivity (Wildman–Crippen MR) is 289 cm³/mol. The van der Waals surface area contributed by atoms with E-state index in [0.29, 0.717) is 0 Å². The third-order valence-corrected chi connectivity index (χ3v) is 13.7. The molecular formula is C67H48N2. The second-order valence-corrected chi connectivity index (χ2v) is 17.6. The van der Waals surface area contributed by atoms with Crippen molar-refractivity contribution in [1.82, 2.24) is 0 Å². The largest absolute Gasteiger partial charge is 0.310 e. The minimum absolute atomic E-state index is 0.555. The van der Waals surface area contributed by atoms with Crippen LogP contribution in [0.2, 0.25) is 0 Å². The smallest absolute Gasteiger partial charge is 0.0714 e. The maximum Gasteiger partial charge on any atom is 0.0714 e. The molecule has 1 aliphatic carbocycles. The number of para-hydroxylation sites is 2. The van der Waals surface area contributed by atoms with Gasteiger partial charge in [-0.2, -0.15) is 0 Å².